The van der Waals surface area contributed by atoms with Gasteiger partial charge in [-0.3, -0.25) is 14.7 Å². The number of hydrogen-bond acceptors (Lipinski definition) is 3. The maximum atomic E-state index is 13.7. The van der Waals surface area contributed by atoms with Crippen molar-refractivity contribution in [1.29, 1.82) is 0 Å². The third-order valence-corrected chi connectivity index (χ3v) is 9.14. The molecule has 2 unspecified atom stereocenters. The Bertz CT molecular complexity index is 964. The number of hydrogen-bond donors (Lipinski definition) is 0. The SMILES string of the molecule is O=C(N1CCN(Cc2cccc3cccnc23)CC1)C12CC3CC(CC(Br)(C3)C1)C2. The van der Waals surface area contributed by atoms with E-state index >= 15 is 0 Å². The second kappa shape index (κ2) is 7.03. The van der Waals surface area contributed by atoms with Crippen LogP contribution in [0.4, 0.5) is 0 Å². The van der Waals surface area contributed by atoms with Gasteiger partial charge in [-0.2, -0.15) is 0 Å². The van der Waals surface area contributed by atoms with Gasteiger partial charge in [0.05, 0.1) is 10.9 Å². The van der Waals surface area contributed by atoms with Gasteiger partial charge in [-0.15, -0.1) is 0 Å². The molecule has 2 heterocycles. The summed E-state index contributed by atoms with van der Waals surface area (Å²) in [6.45, 7) is 4.55. The lowest BCUT2D eigenvalue weighted by Crippen LogP contribution is -2.61. The van der Waals surface area contributed by atoms with E-state index in [9.17, 15) is 4.79 Å². The topological polar surface area (TPSA) is 36.4 Å². The van der Waals surface area contributed by atoms with E-state index in [0.29, 0.717) is 5.91 Å². The van der Waals surface area contributed by atoms with E-state index in [1.807, 2.05) is 12.3 Å². The van der Waals surface area contributed by atoms with E-state index in [1.54, 1.807) is 0 Å². The number of nitrogens with zero attached hydrogens (tertiary/aromatic N) is 3. The fourth-order valence-corrected chi connectivity index (χ4v) is 8.83. The summed E-state index contributed by atoms with van der Waals surface area (Å²) in [5, 5.41) is 1.20. The van der Waals surface area contributed by atoms with Crippen LogP contribution >= 0.6 is 15.9 Å². The number of halogens is 1. The van der Waals surface area contributed by atoms with Crippen molar-refractivity contribution in [3.63, 3.8) is 0 Å². The Kier molecular flexibility index (Phi) is 4.51. The Morgan fingerprint density at radius 1 is 1.03 bits per heavy atom. The molecule has 5 fully saturated rings. The van der Waals surface area contributed by atoms with Crippen molar-refractivity contribution in [1.82, 2.24) is 14.8 Å². The average Bonchev–Trinajstić information content (AvgIpc) is 2.72. The minimum atomic E-state index is -0.0741. The highest BCUT2D eigenvalue weighted by molar-refractivity contribution is 9.10. The van der Waals surface area contributed by atoms with Crippen LogP contribution in [0.5, 0.6) is 0 Å². The molecular formula is C25H30BrN3O. The lowest BCUT2D eigenvalue weighted by Gasteiger charge is -2.60. The van der Waals surface area contributed by atoms with Crippen molar-refractivity contribution in [3.8, 4) is 0 Å². The number of carbonyl (C=O) groups excluding carboxylic acids is 1. The summed E-state index contributed by atoms with van der Waals surface area (Å²) in [7, 11) is 0. The molecular weight excluding hydrogens is 438 g/mol. The van der Waals surface area contributed by atoms with Gasteiger partial charge in [0.2, 0.25) is 5.91 Å². The quantitative estimate of drug-likeness (QED) is 0.618. The first-order chi connectivity index (χ1) is 14.5. The molecule has 1 saturated heterocycles. The van der Waals surface area contributed by atoms with Crippen LogP contribution < -0.4 is 0 Å². The summed E-state index contributed by atoms with van der Waals surface area (Å²) in [4.78, 5) is 23.0. The van der Waals surface area contributed by atoms with Gasteiger partial charge in [-0.05, 0) is 62.0 Å². The van der Waals surface area contributed by atoms with Gasteiger partial charge in [-0.1, -0.05) is 40.2 Å². The summed E-state index contributed by atoms with van der Waals surface area (Å²) in [6, 6.07) is 10.6. The predicted molar refractivity (Wildman–Crippen MR) is 122 cm³/mol. The number of para-hydroxylation sites is 1. The third kappa shape index (κ3) is 3.20. The first-order valence-corrected chi connectivity index (χ1v) is 12.3. The van der Waals surface area contributed by atoms with E-state index in [1.165, 1.54) is 30.2 Å². The zero-order valence-corrected chi connectivity index (χ0v) is 19.1. The van der Waals surface area contributed by atoms with Crippen LogP contribution in [-0.4, -0.2) is 51.2 Å². The van der Waals surface area contributed by atoms with Crippen LogP contribution in [0.2, 0.25) is 0 Å². The van der Waals surface area contributed by atoms with Crippen LogP contribution in [0.3, 0.4) is 0 Å². The minimum absolute atomic E-state index is 0.0741. The molecule has 1 amide bonds. The monoisotopic (exact) mass is 467 g/mol. The Morgan fingerprint density at radius 2 is 1.77 bits per heavy atom. The smallest absolute Gasteiger partial charge is 0.228 e. The maximum absolute atomic E-state index is 13.7. The second-order valence-corrected chi connectivity index (χ2v) is 12.1. The Balaban J connectivity index is 1.13. The van der Waals surface area contributed by atoms with Gasteiger partial charge in [0.1, 0.15) is 0 Å². The molecule has 2 atom stereocenters. The minimum Gasteiger partial charge on any atom is -0.340 e. The molecule has 30 heavy (non-hydrogen) atoms. The summed E-state index contributed by atoms with van der Waals surface area (Å²) in [5.41, 5.74) is 2.32. The van der Waals surface area contributed by atoms with E-state index in [4.69, 9.17) is 0 Å². The highest BCUT2D eigenvalue weighted by Crippen LogP contribution is 2.64. The van der Waals surface area contributed by atoms with E-state index < -0.39 is 0 Å². The summed E-state index contributed by atoms with van der Waals surface area (Å²) in [6.07, 6.45) is 9.14. The number of carbonyl (C=O) groups is 1. The van der Waals surface area contributed by atoms with Gasteiger partial charge in [0.25, 0.3) is 0 Å². The lowest BCUT2D eigenvalue weighted by molar-refractivity contribution is -0.157. The summed E-state index contributed by atoms with van der Waals surface area (Å²) in [5.74, 6) is 1.98. The molecule has 4 nitrogen and oxygen atoms in total. The maximum Gasteiger partial charge on any atom is 0.228 e. The number of pyridine rings is 1. The molecule has 4 saturated carbocycles. The van der Waals surface area contributed by atoms with Crippen molar-refractivity contribution >= 4 is 32.7 Å². The fourth-order valence-electron chi connectivity index (χ4n) is 7.38. The summed E-state index contributed by atoms with van der Waals surface area (Å²) < 4.78 is 0.246. The second-order valence-electron chi connectivity index (χ2n) is 10.5. The molecule has 158 valence electrons. The van der Waals surface area contributed by atoms with Crippen molar-refractivity contribution in [3.05, 3.63) is 42.1 Å². The Morgan fingerprint density at radius 3 is 2.50 bits per heavy atom. The van der Waals surface area contributed by atoms with E-state index in [0.717, 1.165) is 69.3 Å². The molecule has 4 aliphatic carbocycles. The first-order valence-electron chi connectivity index (χ1n) is 11.6. The number of rotatable bonds is 3. The zero-order valence-electron chi connectivity index (χ0n) is 17.5. The van der Waals surface area contributed by atoms with Crippen LogP contribution in [-0.2, 0) is 11.3 Å². The molecule has 0 N–H and O–H groups in total. The number of piperazine rings is 1. The summed E-state index contributed by atoms with van der Waals surface area (Å²) >= 11 is 4.07. The molecule has 0 radical (unpaired) electrons. The zero-order chi connectivity index (χ0) is 20.3. The van der Waals surface area contributed by atoms with Gasteiger partial charge in [-0.25, -0.2) is 0 Å². The Hall–Kier alpha value is -1.46. The van der Waals surface area contributed by atoms with Crippen molar-refractivity contribution in [2.24, 2.45) is 17.3 Å². The van der Waals surface area contributed by atoms with Crippen molar-refractivity contribution < 1.29 is 4.79 Å². The van der Waals surface area contributed by atoms with Crippen LogP contribution in [0.1, 0.15) is 44.1 Å². The normalized spacial score (nSPS) is 35.8. The molecule has 1 aliphatic heterocycles. The van der Waals surface area contributed by atoms with Crippen LogP contribution in [0, 0.1) is 17.3 Å². The van der Waals surface area contributed by atoms with Gasteiger partial charge < -0.3 is 4.90 Å². The number of aromatic nitrogens is 1. The van der Waals surface area contributed by atoms with Gasteiger partial charge >= 0.3 is 0 Å². The molecule has 1 aromatic heterocycles. The first kappa shape index (κ1) is 19.2. The number of benzene rings is 1. The van der Waals surface area contributed by atoms with Gasteiger partial charge in [0.15, 0.2) is 0 Å². The van der Waals surface area contributed by atoms with Crippen LogP contribution in [0.25, 0.3) is 10.9 Å². The number of fused-ring (bicyclic) bond motifs is 1. The van der Waals surface area contributed by atoms with E-state index in [-0.39, 0.29) is 9.74 Å². The Labute approximate surface area is 187 Å². The molecule has 5 heteroatoms. The van der Waals surface area contributed by atoms with Gasteiger partial charge in [0, 0.05) is 48.6 Å². The molecule has 0 spiro atoms. The van der Waals surface area contributed by atoms with Crippen LogP contribution in [0.15, 0.2) is 36.5 Å². The molecule has 1 aromatic carbocycles. The van der Waals surface area contributed by atoms with Crippen molar-refractivity contribution in [2.45, 2.75) is 49.4 Å². The lowest BCUT2D eigenvalue weighted by atomic mass is 9.49. The number of alkyl halides is 1. The largest absolute Gasteiger partial charge is 0.340 e. The fraction of sp³-hybridized carbons (Fsp3) is 0.600. The number of amides is 1. The highest BCUT2D eigenvalue weighted by atomic mass is 79.9. The average molecular weight is 468 g/mol. The predicted octanol–water partition coefficient (Wildman–Crippen LogP) is 4.61. The third-order valence-electron chi connectivity index (χ3n) is 8.21. The van der Waals surface area contributed by atoms with Crippen molar-refractivity contribution in [2.75, 3.05) is 26.2 Å². The highest BCUT2D eigenvalue weighted by Gasteiger charge is 2.60. The van der Waals surface area contributed by atoms with E-state index in [2.05, 4.69) is 55.0 Å². The molecule has 5 aliphatic rings. The molecule has 2 aromatic rings. The molecule has 7 rings (SSSR count). The molecule has 4 bridgehead atoms. The standard InChI is InChI=1S/C25H30BrN3O/c26-25-14-18-11-19(15-25)13-24(12-18,17-25)23(30)29-9-7-28(8-10-29)16-21-4-1-3-20-5-2-6-27-22(20)21/h1-6,18-19H,7-17H2.